The molecule has 1 aliphatic heterocycles. The van der Waals surface area contributed by atoms with Gasteiger partial charge in [0, 0.05) is 30.8 Å². The second-order valence-corrected chi connectivity index (χ2v) is 6.21. The maximum absolute atomic E-state index is 12.7. The molecule has 0 bridgehead atoms. The Bertz CT molecular complexity index is 844. The van der Waals surface area contributed by atoms with Crippen LogP contribution >= 0.6 is 0 Å². The summed E-state index contributed by atoms with van der Waals surface area (Å²) in [6, 6.07) is 12.5. The Morgan fingerprint density at radius 2 is 2.00 bits per heavy atom. The van der Waals surface area contributed by atoms with Crippen molar-refractivity contribution in [2.45, 2.75) is 32.2 Å². The van der Waals surface area contributed by atoms with Gasteiger partial charge in [-0.15, -0.1) is 0 Å². The minimum atomic E-state index is -0.391. The summed E-state index contributed by atoms with van der Waals surface area (Å²) >= 11 is 0. The van der Waals surface area contributed by atoms with E-state index in [1.54, 1.807) is 0 Å². The van der Waals surface area contributed by atoms with Gasteiger partial charge in [-0.2, -0.15) is 0 Å². The lowest BCUT2D eigenvalue weighted by molar-refractivity contribution is -0.119. The first-order valence-electron chi connectivity index (χ1n) is 8.44. The van der Waals surface area contributed by atoms with Crippen LogP contribution in [0.15, 0.2) is 47.3 Å². The van der Waals surface area contributed by atoms with Crippen LogP contribution in [0.4, 0.5) is 5.69 Å². The van der Waals surface area contributed by atoms with Crippen molar-refractivity contribution in [3.63, 3.8) is 0 Å². The van der Waals surface area contributed by atoms with Crippen LogP contribution in [0.3, 0.4) is 0 Å². The summed E-state index contributed by atoms with van der Waals surface area (Å²) in [6.07, 6.45) is 2.11. The molecular formula is C19H21N3O3. The van der Waals surface area contributed by atoms with Gasteiger partial charge < -0.3 is 15.2 Å². The van der Waals surface area contributed by atoms with Crippen molar-refractivity contribution in [1.29, 1.82) is 0 Å². The minimum Gasteiger partial charge on any atom is -0.350 e. The number of H-pyrrole nitrogens is 1. The highest BCUT2D eigenvalue weighted by Crippen LogP contribution is 2.30. The van der Waals surface area contributed by atoms with E-state index in [-0.39, 0.29) is 36.2 Å². The predicted molar refractivity (Wildman–Crippen MR) is 95.7 cm³/mol. The van der Waals surface area contributed by atoms with Gasteiger partial charge in [0.2, 0.25) is 11.5 Å². The smallest absolute Gasteiger partial charge is 0.267 e. The second-order valence-electron chi connectivity index (χ2n) is 6.21. The topological polar surface area (TPSA) is 82.3 Å². The van der Waals surface area contributed by atoms with Crippen molar-refractivity contribution >= 4 is 17.5 Å². The molecule has 1 aliphatic rings. The molecule has 6 nitrogen and oxygen atoms in total. The highest BCUT2D eigenvalue weighted by atomic mass is 16.2. The summed E-state index contributed by atoms with van der Waals surface area (Å²) in [6.45, 7) is 2.26. The van der Waals surface area contributed by atoms with Gasteiger partial charge in [-0.1, -0.05) is 24.3 Å². The molecule has 2 amide bonds. The van der Waals surface area contributed by atoms with Crippen molar-refractivity contribution in [2.24, 2.45) is 0 Å². The number of carbonyl (C=O) groups excluding carboxylic acids is 2. The van der Waals surface area contributed by atoms with Crippen LogP contribution in [0, 0.1) is 0 Å². The molecule has 3 rings (SSSR count). The normalized spacial score (nSPS) is 16.2. The van der Waals surface area contributed by atoms with Crippen molar-refractivity contribution in [2.75, 3.05) is 11.4 Å². The number of nitrogens with one attached hydrogen (secondary N) is 2. The quantitative estimate of drug-likeness (QED) is 0.892. The fourth-order valence-corrected chi connectivity index (χ4v) is 3.15. The number of hydrogen-bond acceptors (Lipinski definition) is 3. The van der Waals surface area contributed by atoms with Crippen LogP contribution < -0.4 is 15.8 Å². The summed E-state index contributed by atoms with van der Waals surface area (Å²) in [5, 5.41) is 2.68. The molecule has 1 atom stereocenters. The first kappa shape index (κ1) is 17.0. The number of aromatic nitrogens is 1. The molecule has 2 heterocycles. The number of hydrogen-bond donors (Lipinski definition) is 2. The van der Waals surface area contributed by atoms with Crippen LogP contribution in [0.25, 0.3) is 0 Å². The fraction of sp³-hybridized carbons (Fsp3) is 0.316. The van der Waals surface area contributed by atoms with Crippen LogP contribution in [0.1, 0.15) is 35.8 Å². The molecule has 0 saturated carbocycles. The molecule has 6 heteroatoms. The van der Waals surface area contributed by atoms with Crippen molar-refractivity contribution < 1.29 is 9.59 Å². The molecule has 1 aromatic heterocycles. The van der Waals surface area contributed by atoms with Gasteiger partial charge in [-0.05, 0) is 37.5 Å². The maximum Gasteiger partial charge on any atom is 0.267 e. The molecule has 2 N–H and O–H groups in total. The number of amides is 2. The number of aryl methyl sites for hydroxylation is 1. The standard InChI is InChI=1S/C19H21N3O3/c1-13-9-10-14-5-2-3-7-16(14)22(13)18(24)11-12-20-19(25)15-6-4-8-17(23)21-15/h2-8,13H,9-12H2,1H3,(H,20,25)(H,21,23)/t13-/m1/s1. The average molecular weight is 339 g/mol. The Balaban J connectivity index is 1.61. The van der Waals surface area contributed by atoms with Gasteiger partial charge in [0.25, 0.3) is 5.91 Å². The number of pyridine rings is 1. The highest BCUT2D eigenvalue weighted by Gasteiger charge is 2.27. The van der Waals surface area contributed by atoms with E-state index in [0.717, 1.165) is 18.5 Å². The van der Waals surface area contributed by atoms with E-state index in [1.165, 1.54) is 23.8 Å². The predicted octanol–water partition coefficient (Wildman–Crippen LogP) is 1.86. The van der Waals surface area contributed by atoms with Crippen LogP contribution in [0.5, 0.6) is 0 Å². The molecule has 0 unspecified atom stereocenters. The van der Waals surface area contributed by atoms with E-state index in [1.807, 2.05) is 30.0 Å². The minimum absolute atomic E-state index is 0.0125. The zero-order valence-corrected chi connectivity index (χ0v) is 14.1. The van der Waals surface area contributed by atoms with Crippen LogP contribution in [-0.4, -0.2) is 29.4 Å². The molecule has 0 radical (unpaired) electrons. The Kier molecular flexibility index (Phi) is 4.97. The summed E-state index contributed by atoms with van der Waals surface area (Å²) < 4.78 is 0. The molecule has 0 spiro atoms. The molecule has 25 heavy (non-hydrogen) atoms. The Labute approximate surface area is 145 Å². The van der Waals surface area contributed by atoms with Crippen LogP contribution in [-0.2, 0) is 11.2 Å². The Hall–Kier alpha value is -2.89. The molecule has 2 aromatic rings. The van der Waals surface area contributed by atoms with E-state index in [4.69, 9.17) is 0 Å². The molecule has 0 fully saturated rings. The monoisotopic (exact) mass is 339 g/mol. The highest BCUT2D eigenvalue weighted by molar-refractivity contribution is 5.96. The number of benzene rings is 1. The van der Waals surface area contributed by atoms with Gasteiger partial charge in [0.05, 0.1) is 0 Å². The SMILES string of the molecule is C[C@@H]1CCc2ccccc2N1C(=O)CCNC(=O)c1cccc(=O)[nH]1. The average Bonchev–Trinajstić information content (AvgIpc) is 2.61. The lowest BCUT2D eigenvalue weighted by Gasteiger charge is -2.35. The maximum atomic E-state index is 12.7. The number of fused-ring (bicyclic) bond motifs is 1. The summed E-state index contributed by atoms with van der Waals surface area (Å²) in [5.41, 5.74) is 2.00. The molecule has 1 aromatic carbocycles. The summed E-state index contributed by atoms with van der Waals surface area (Å²) in [7, 11) is 0. The fourth-order valence-electron chi connectivity index (χ4n) is 3.15. The van der Waals surface area contributed by atoms with Gasteiger partial charge in [-0.3, -0.25) is 14.4 Å². The van der Waals surface area contributed by atoms with Crippen molar-refractivity contribution in [3.8, 4) is 0 Å². The van der Waals surface area contributed by atoms with E-state index in [2.05, 4.69) is 16.4 Å². The van der Waals surface area contributed by atoms with E-state index in [9.17, 15) is 14.4 Å². The van der Waals surface area contributed by atoms with E-state index in [0.29, 0.717) is 0 Å². The molecule has 0 aliphatic carbocycles. The number of carbonyl (C=O) groups is 2. The number of anilines is 1. The number of aromatic amines is 1. The third-order valence-electron chi connectivity index (χ3n) is 4.43. The number of rotatable bonds is 4. The van der Waals surface area contributed by atoms with E-state index < -0.39 is 5.91 Å². The Morgan fingerprint density at radius 3 is 2.80 bits per heavy atom. The largest absolute Gasteiger partial charge is 0.350 e. The second kappa shape index (κ2) is 7.34. The lowest BCUT2D eigenvalue weighted by Crippen LogP contribution is -2.43. The molecular weight excluding hydrogens is 318 g/mol. The Morgan fingerprint density at radius 1 is 1.20 bits per heavy atom. The zero-order valence-electron chi connectivity index (χ0n) is 14.1. The third kappa shape index (κ3) is 3.79. The first-order chi connectivity index (χ1) is 12.1. The summed E-state index contributed by atoms with van der Waals surface area (Å²) in [4.78, 5) is 40.2. The van der Waals surface area contributed by atoms with Gasteiger partial charge in [0.1, 0.15) is 5.69 Å². The van der Waals surface area contributed by atoms with Gasteiger partial charge >= 0.3 is 0 Å². The summed E-state index contributed by atoms with van der Waals surface area (Å²) in [5.74, 6) is -0.404. The third-order valence-corrected chi connectivity index (χ3v) is 4.43. The van der Waals surface area contributed by atoms with Gasteiger partial charge in [0.15, 0.2) is 0 Å². The number of nitrogens with zero attached hydrogens (tertiary/aromatic N) is 1. The molecule has 0 saturated heterocycles. The molecule has 130 valence electrons. The first-order valence-corrected chi connectivity index (χ1v) is 8.44. The zero-order chi connectivity index (χ0) is 17.8. The van der Waals surface area contributed by atoms with E-state index >= 15 is 0 Å². The van der Waals surface area contributed by atoms with Gasteiger partial charge in [-0.25, -0.2) is 0 Å². The van der Waals surface area contributed by atoms with Crippen molar-refractivity contribution in [3.05, 3.63) is 64.1 Å². The van der Waals surface area contributed by atoms with Crippen molar-refractivity contribution in [1.82, 2.24) is 10.3 Å². The number of para-hydroxylation sites is 1. The van der Waals surface area contributed by atoms with Crippen LogP contribution in [0.2, 0.25) is 0 Å². The lowest BCUT2D eigenvalue weighted by atomic mass is 9.96.